The lowest BCUT2D eigenvalue weighted by Gasteiger charge is -2.19. The van der Waals surface area contributed by atoms with E-state index in [4.69, 9.17) is 4.74 Å². The molecule has 2 N–H and O–H groups in total. The Morgan fingerprint density at radius 2 is 2.04 bits per heavy atom. The molecule has 0 unspecified atom stereocenters. The van der Waals surface area contributed by atoms with Crippen molar-refractivity contribution in [1.82, 2.24) is 14.4 Å². The minimum Gasteiger partial charge on any atom is -0.478 e. The third kappa shape index (κ3) is 3.12. The van der Waals surface area contributed by atoms with E-state index in [-0.39, 0.29) is 16.9 Å². The summed E-state index contributed by atoms with van der Waals surface area (Å²) in [6.07, 6.45) is 2.27. The summed E-state index contributed by atoms with van der Waals surface area (Å²) < 4.78 is 6.81. The SMILES string of the molecule is CC(C)(C)OC(=O)Nc1nc2cc(C#N)c(C(=O)O)cc2n2cncc12. The van der Waals surface area contributed by atoms with E-state index in [2.05, 4.69) is 15.3 Å². The van der Waals surface area contributed by atoms with Crippen LogP contribution < -0.4 is 5.32 Å². The maximum Gasteiger partial charge on any atom is 0.413 e. The molecule has 3 aromatic rings. The highest BCUT2D eigenvalue weighted by Crippen LogP contribution is 2.25. The van der Waals surface area contributed by atoms with Crippen LogP contribution in [0.4, 0.5) is 10.6 Å². The zero-order valence-electron chi connectivity index (χ0n) is 14.3. The minimum atomic E-state index is -1.22. The maximum absolute atomic E-state index is 12.1. The summed E-state index contributed by atoms with van der Waals surface area (Å²) in [5.41, 5.74) is 0.406. The molecule has 0 saturated carbocycles. The van der Waals surface area contributed by atoms with Crippen molar-refractivity contribution in [2.24, 2.45) is 0 Å². The van der Waals surface area contributed by atoms with Crippen LogP contribution in [0.3, 0.4) is 0 Å². The number of nitrogens with one attached hydrogen (secondary N) is 1. The first-order chi connectivity index (χ1) is 12.2. The fourth-order valence-electron chi connectivity index (χ4n) is 2.46. The molecular weight excluding hydrogens is 338 g/mol. The number of imidazole rings is 1. The van der Waals surface area contributed by atoms with E-state index in [1.165, 1.54) is 24.7 Å². The van der Waals surface area contributed by atoms with Crippen molar-refractivity contribution < 1.29 is 19.4 Å². The number of nitriles is 1. The number of aromatic nitrogens is 3. The number of rotatable bonds is 2. The molecule has 132 valence electrons. The molecule has 26 heavy (non-hydrogen) atoms. The lowest BCUT2D eigenvalue weighted by molar-refractivity contribution is 0.0633. The maximum atomic E-state index is 12.1. The molecule has 0 saturated heterocycles. The van der Waals surface area contributed by atoms with Gasteiger partial charge in [-0.25, -0.2) is 19.6 Å². The number of hydrogen-bond acceptors (Lipinski definition) is 6. The van der Waals surface area contributed by atoms with Gasteiger partial charge in [0.25, 0.3) is 0 Å². The zero-order chi connectivity index (χ0) is 19.1. The van der Waals surface area contributed by atoms with Crippen molar-refractivity contribution in [3.05, 3.63) is 35.8 Å². The molecule has 1 amide bonds. The van der Waals surface area contributed by atoms with Crippen LogP contribution in [0.15, 0.2) is 24.7 Å². The van der Waals surface area contributed by atoms with E-state index in [9.17, 15) is 20.0 Å². The molecule has 3 rings (SSSR count). The monoisotopic (exact) mass is 353 g/mol. The number of fused-ring (bicyclic) bond motifs is 3. The quantitative estimate of drug-likeness (QED) is 0.724. The second-order valence-corrected chi connectivity index (χ2v) is 6.54. The molecule has 0 bridgehead atoms. The van der Waals surface area contributed by atoms with Crippen LogP contribution in [0, 0.1) is 11.3 Å². The summed E-state index contributed by atoms with van der Waals surface area (Å²) >= 11 is 0. The van der Waals surface area contributed by atoms with Gasteiger partial charge in [0.2, 0.25) is 0 Å². The Labute approximate surface area is 147 Å². The predicted molar refractivity (Wildman–Crippen MR) is 92.0 cm³/mol. The van der Waals surface area contributed by atoms with Crippen molar-refractivity contribution in [2.75, 3.05) is 5.32 Å². The van der Waals surface area contributed by atoms with Crippen LogP contribution >= 0.6 is 0 Å². The van der Waals surface area contributed by atoms with E-state index in [0.29, 0.717) is 16.6 Å². The highest BCUT2D eigenvalue weighted by molar-refractivity contribution is 5.98. The van der Waals surface area contributed by atoms with Gasteiger partial charge < -0.3 is 9.84 Å². The smallest absolute Gasteiger partial charge is 0.413 e. The van der Waals surface area contributed by atoms with E-state index in [1.54, 1.807) is 25.2 Å². The fourth-order valence-corrected chi connectivity index (χ4v) is 2.46. The van der Waals surface area contributed by atoms with Gasteiger partial charge in [-0.2, -0.15) is 5.26 Å². The number of benzene rings is 1. The Morgan fingerprint density at radius 1 is 1.31 bits per heavy atom. The van der Waals surface area contributed by atoms with Gasteiger partial charge in [-0.15, -0.1) is 0 Å². The summed E-state index contributed by atoms with van der Waals surface area (Å²) in [6, 6.07) is 4.56. The number of ether oxygens (including phenoxy) is 1. The summed E-state index contributed by atoms with van der Waals surface area (Å²) in [6.45, 7) is 5.21. The first-order valence-electron chi connectivity index (χ1n) is 7.63. The van der Waals surface area contributed by atoms with E-state index in [0.717, 1.165) is 0 Å². The Bertz CT molecular complexity index is 1090. The molecule has 0 aliphatic carbocycles. The fraction of sp³-hybridized carbons (Fsp3) is 0.235. The third-order valence-corrected chi connectivity index (χ3v) is 3.46. The lowest BCUT2D eigenvalue weighted by Crippen LogP contribution is -2.27. The average molecular weight is 353 g/mol. The standard InChI is InChI=1S/C17H15N5O4/c1-17(2,3)26-16(25)21-14-13-7-19-8-22(13)12-5-10(15(23)24)9(6-18)4-11(12)20-14/h4-5,7-8H,1-3H3,(H,23,24)(H,20,21,25). The third-order valence-electron chi connectivity index (χ3n) is 3.46. The number of carboxylic acid groups (broad SMARTS) is 1. The molecule has 2 aromatic heterocycles. The van der Waals surface area contributed by atoms with Gasteiger partial charge in [-0.3, -0.25) is 9.72 Å². The highest BCUT2D eigenvalue weighted by Gasteiger charge is 2.20. The van der Waals surface area contributed by atoms with E-state index in [1.807, 2.05) is 6.07 Å². The van der Waals surface area contributed by atoms with Crippen molar-refractivity contribution in [3.63, 3.8) is 0 Å². The number of nitrogens with zero attached hydrogens (tertiary/aromatic N) is 4. The van der Waals surface area contributed by atoms with Crippen LogP contribution in [-0.2, 0) is 4.74 Å². The van der Waals surface area contributed by atoms with Crippen molar-refractivity contribution in [3.8, 4) is 6.07 Å². The number of amides is 1. The van der Waals surface area contributed by atoms with Gasteiger partial charge in [0.15, 0.2) is 5.82 Å². The molecular formula is C17H15N5O4. The molecule has 0 radical (unpaired) electrons. The molecule has 2 heterocycles. The normalized spacial score (nSPS) is 11.3. The van der Waals surface area contributed by atoms with Gasteiger partial charge >= 0.3 is 12.1 Å². The number of hydrogen-bond donors (Lipinski definition) is 2. The second kappa shape index (κ2) is 6.00. The zero-order valence-corrected chi connectivity index (χ0v) is 14.3. The summed E-state index contributed by atoms with van der Waals surface area (Å²) in [4.78, 5) is 31.8. The summed E-state index contributed by atoms with van der Waals surface area (Å²) in [5, 5.41) is 21.0. The van der Waals surface area contributed by atoms with E-state index >= 15 is 0 Å². The van der Waals surface area contributed by atoms with Crippen molar-refractivity contribution >= 4 is 34.4 Å². The number of carbonyl (C=O) groups excluding carboxylic acids is 1. The molecule has 0 atom stereocenters. The van der Waals surface area contributed by atoms with Crippen LogP contribution in [0.1, 0.15) is 36.7 Å². The lowest BCUT2D eigenvalue weighted by atomic mass is 10.1. The molecule has 0 spiro atoms. The molecule has 0 aliphatic rings. The van der Waals surface area contributed by atoms with Gasteiger partial charge in [0.1, 0.15) is 17.2 Å². The largest absolute Gasteiger partial charge is 0.478 e. The molecule has 0 aliphatic heterocycles. The van der Waals surface area contributed by atoms with Crippen molar-refractivity contribution in [1.29, 1.82) is 5.26 Å². The number of anilines is 1. The van der Waals surface area contributed by atoms with Gasteiger partial charge in [-0.1, -0.05) is 0 Å². The Balaban J connectivity index is 2.18. The van der Waals surface area contributed by atoms with Gasteiger partial charge in [-0.05, 0) is 32.9 Å². The first-order valence-corrected chi connectivity index (χ1v) is 7.63. The molecule has 9 heteroatoms. The molecule has 9 nitrogen and oxygen atoms in total. The first kappa shape index (κ1) is 17.2. The molecule has 0 fully saturated rings. The van der Waals surface area contributed by atoms with Gasteiger partial charge in [0.05, 0.1) is 34.7 Å². The van der Waals surface area contributed by atoms with Crippen molar-refractivity contribution in [2.45, 2.75) is 26.4 Å². The average Bonchev–Trinajstić information content (AvgIpc) is 3.01. The van der Waals surface area contributed by atoms with Crippen LogP contribution in [0.5, 0.6) is 0 Å². The Hall–Kier alpha value is -3.67. The number of carboxylic acids is 1. The Kier molecular flexibility index (Phi) is 3.96. The highest BCUT2D eigenvalue weighted by atomic mass is 16.6. The predicted octanol–water partition coefficient (Wildman–Crippen LogP) is 2.80. The summed E-state index contributed by atoms with van der Waals surface area (Å²) in [7, 11) is 0. The summed E-state index contributed by atoms with van der Waals surface area (Å²) in [5.74, 6) is -1.02. The second-order valence-electron chi connectivity index (χ2n) is 6.54. The van der Waals surface area contributed by atoms with Crippen LogP contribution in [0.2, 0.25) is 0 Å². The topological polar surface area (TPSA) is 130 Å². The van der Waals surface area contributed by atoms with E-state index < -0.39 is 17.7 Å². The van der Waals surface area contributed by atoms with Crippen LogP contribution in [-0.4, -0.2) is 37.1 Å². The number of aromatic carboxylic acids is 1. The van der Waals surface area contributed by atoms with Gasteiger partial charge in [0, 0.05) is 0 Å². The Morgan fingerprint density at radius 3 is 2.65 bits per heavy atom. The minimum absolute atomic E-state index is 0.0276. The molecule has 1 aromatic carbocycles. The number of carbonyl (C=O) groups is 2. The van der Waals surface area contributed by atoms with Crippen LogP contribution in [0.25, 0.3) is 16.6 Å².